The number of hydrogen-bond acceptors (Lipinski definition) is 3. The summed E-state index contributed by atoms with van der Waals surface area (Å²) < 4.78 is 6.27. The second-order valence-electron chi connectivity index (χ2n) is 12.9. The number of ketones is 1. The van der Waals surface area contributed by atoms with Gasteiger partial charge in [-0.3, -0.25) is 4.79 Å². The predicted octanol–water partition coefficient (Wildman–Crippen LogP) is 5.78. The standard InChI is InChI=1S/C27H44O3/c1-16(2)7-6-8-17(3)19-9-10-20-22-21(12-13-25(19,20)4)26(5)14-11-18(28)15-27(26)24(30-27)23(22)29/h16-22,24,28H,6-15H2,1-5H3/t17-,18-,19?,20?,21?,22?,24?,25+,26+,27?/m0/s1. The van der Waals surface area contributed by atoms with Crippen molar-refractivity contribution in [2.75, 3.05) is 0 Å². The highest BCUT2D eigenvalue weighted by atomic mass is 16.6. The topological polar surface area (TPSA) is 49.8 Å². The van der Waals surface area contributed by atoms with Gasteiger partial charge in [-0.15, -0.1) is 0 Å². The molecule has 170 valence electrons. The zero-order chi connectivity index (χ0) is 21.5. The molecule has 4 aliphatic carbocycles. The Balaban J connectivity index is 1.37. The van der Waals surface area contributed by atoms with Gasteiger partial charge in [0.1, 0.15) is 11.7 Å². The number of ether oxygens (including phenoxy) is 1. The number of epoxide rings is 1. The van der Waals surface area contributed by atoms with Crippen LogP contribution in [0.4, 0.5) is 0 Å². The molecule has 3 nitrogen and oxygen atoms in total. The van der Waals surface area contributed by atoms with Gasteiger partial charge in [0.05, 0.1) is 6.10 Å². The average Bonchev–Trinajstić information content (AvgIpc) is 3.29. The third-order valence-corrected chi connectivity index (χ3v) is 11.1. The van der Waals surface area contributed by atoms with Crippen LogP contribution in [0.1, 0.15) is 98.8 Å². The molecule has 10 atom stereocenters. The van der Waals surface area contributed by atoms with Crippen LogP contribution in [0.3, 0.4) is 0 Å². The Labute approximate surface area is 183 Å². The first-order valence-corrected chi connectivity index (χ1v) is 13.0. The van der Waals surface area contributed by atoms with Crippen molar-refractivity contribution in [3.05, 3.63) is 0 Å². The largest absolute Gasteiger partial charge is 0.393 e. The van der Waals surface area contributed by atoms with Crippen LogP contribution >= 0.6 is 0 Å². The van der Waals surface area contributed by atoms with Gasteiger partial charge < -0.3 is 9.84 Å². The van der Waals surface area contributed by atoms with E-state index in [0.717, 1.165) is 30.6 Å². The molecule has 4 saturated carbocycles. The maximum Gasteiger partial charge on any atom is 0.168 e. The third-order valence-electron chi connectivity index (χ3n) is 11.1. The van der Waals surface area contributed by atoms with Gasteiger partial charge in [0.15, 0.2) is 5.78 Å². The Morgan fingerprint density at radius 2 is 1.80 bits per heavy atom. The molecular weight excluding hydrogens is 372 g/mol. The Bertz CT molecular complexity index is 702. The van der Waals surface area contributed by atoms with E-state index in [0.29, 0.717) is 29.5 Å². The molecule has 5 rings (SSSR count). The summed E-state index contributed by atoms with van der Waals surface area (Å²) in [5, 5.41) is 10.3. The zero-order valence-corrected chi connectivity index (χ0v) is 20.0. The van der Waals surface area contributed by atoms with Crippen molar-refractivity contribution in [1.82, 2.24) is 0 Å². The lowest BCUT2D eigenvalue weighted by molar-refractivity contribution is -0.151. The maximum absolute atomic E-state index is 13.7. The fourth-order valence-corrected chi connectivity index (χ4v) is 9.37. The summed E-state index contributed by atoms with van der Waals surface area (Å²) in [6.45, 7) is 12.1. The molecule has 1 aliphatic heterocycles. The number of rotatable bonds is 5. The Morgan fingerprint density at radius 1 is 1.03 bits per heavy atom. The number of aliphatic hydroxyl groups is 1. The van der Waals surface area contributed by atoms with Crippen LogP contribution in [0.5, 0.6) is 0 Å². The highest BCUT2D eigenvalue weighted by Crippen LogP contribution is 2.73. The van der Waals surface area contributed by atoms with Gasteiger partial charge in [0.2, 0.25) is 0 Å². The Morgan fingerprint density at radius 3 is 2.53 bits per heavy atom. The molecule has 3 heteroatoms. The number of carbonyl (C=O) groups is 1. The van der Waals surface area contributed by atoms with Crippen molar-refractivity contribution in [3.8, 4) is 0 Å². The van der Waals surface area contributed by atoms with Gasteiger partial charge in [-0.2, -0.15) is 0 Å². The molecule has 0 aromatic heterocycles. The second-order valence-corrected chi connectivity index (χ2v) is 12.9. The van der Waals surface area contributed by atoms with Gasteiger partial charge >= 0.3 is 0 Å². The number of fused-ring (bicyclic) bond motifs is 4. The molecule has 0 bridgehead atoms. The normalized spacial score (nSPS) is 53.0. The summed E-state index contributed by atoms with van der Waals surface area (Å²) in [6.07, 6.45) is 11.1. The maximum atomic E-state index is 13.7. The fraction of sp³-hybridized carbons (Fsp3) is 0.963. The van der Waals surface area contributed by atoms with Crippen LogP contribution in [0, 0.1) is 46.3 Å². The van der Waals surface area contributed by atoms with Crippen LogP contribution in [0.15, 0.2) is 0 Å². The molecule has 1 N–H and O–H groups in total. The predicted molar refractivity (Wildman–Crippen MR) is 119 cm³/mol. The molecule has 5 aliphatic rings. The first-order chi connectivity index (χ1) is 14.1. The first kappa shape index (κ1) is 21.4. The van der Waals surface area contributed by atoms with Gasteiger partial charge in [-0.05, 0) is 73.5 Å². The summed E-state index contributed by atoms with van der Waals surface area (Å²) in [6, 6.07) is 0. The summed E-state index contributed by atoms with van der Waals surface area (Å²) in [5.74, 6) is 3.97. The monoisotopic (exact) mass is 416 g/mol. The summed E-state index contributed by atoms with van der Waals surface area (Å²) in [5.41, 5.74) is 0.0735. The molecule has 0 radical (unpaired) electrons. The minimum Gasteiger partial charge on any atom is -0.393 e. The molecule has 0 aromatic rings. The van der Waals surface area contributed by atoms with Crippen LogP contribution in [0.25, 0.3) is 0 Å². The minimum absolute atomic E-state index is 0.0811. The molecule has 0 aromatic carbocycles. The lowest BCUT2D eigenvalue weighted by atomic mass is 9.44. The summed E-state index contributed by atoms with van der Waals surface area (Å²) in [4.78, 5) is 13.7. The van der Waals surface area contributed by atoms with Crippen molar-refractivity contribution in [3.63, 3.8) is 0 Å². The van der Waals surface area contributed by atoms with Crippen molar-refractivity contribution in [2.24, 2.45) is 46.3 Å². The highest BCUT2D eigenvalue weighted by Gasteiger charge is 2.79. The first-order valence-electron chi connectivity index (χ1n) is 13.0. The number of hydrogen-bond donors (Lipinski definition) is 1. The van der Waals surface area contributed by atoms with Gasteiger partial charge in [-0.25, -0.2) is 0 Å². The molecule has 1 saturated heterocycles. The lowest BCUT2D eigenvalue weighted by Crippen LogP contribution is -2.61. The summed E-state index contributed by atoms with van der Waals surface area (Å²) in [7, 11) is 0. The van der Waals surface area contributed by atoms with Gasteiger partial charge in [0.25, 0.3) is 0 Å². The van der Waals surface area contributed by atoms with E-state index in [1.165, 1.54) is 44.9 Å². The van der Waals surface area contributed by atoms with Crippen molar-refractivity contribution in [2.45, 2.75) is 117 Å². The van der Waals surface area contributed by atoms with E-state index in [-0.39, 0.29) is 29.1 Å². The van der Waals surface area contributed by atoms with Crippen LogP contribution in [0.2, 0.25) is 0 Å². The highest BCUT2D eigenvalue weighted by molar-refractivity contribution is 5.91. The SMILES string of the molecule is CC(C)CCC[C@H](C)C1CCC2C3C(=O)C4OC45C[C@@H](O)CC[C@]5(C)C3CC[C@@]21C. The fourth-order valence-electron chi connectivity index (χ4n) is 9.37. The van der Waals surface area contributed by atoms with E-state index in [2.05, 4.69) is 34.6 Å². The van der Waals surface area contributed by atoms with E-state index in [1.54, 1.807) is 0 Å². The van der Waals surface area contributed by atoms with Gasteiger partial charge in [0, 0.05) is 17.8 Å². The molecular formula is C27H44O3. The molecule has 0 amide bonds. The second kappa shape index (κ2) is 7.04. The van der Waals surface area contributed by atoms with E-state index < -0.39 is 0 Å². The molecule has 5 fully saturated rings. The smallest absolute Gasteiger partial charge is 0.168 e. The zero-order valence-electron chi connectivity index (χ0n) is 20.0. The number of carbonyl (C=O) groups excluding carboxylic acids is 1. The van der Waals surface area contributed by atoms with E-state index in [1.807, 2.05) is 0 Å². The van der Waals surface area contributed by atoms with E-state index >= 15 is 0 Å². The van der Waals surface area contributed by atoms with Gasteiger partial charge in [-0.1, -0.05) is 53.9 Å². The lowest BCUT2D eigenvalue weighted by Gasteiger charge is -2.58. The number of aliphatic hydroxyl groups excluding tert-OH is 1. The minimum atomic E-state index is -0.335. The van der Waals surface area contributed by atoms with E-state index in [9.17, 15) is 9.90 Å². The summed E-state index contributed by atoms with van der Waals surface area (Å²) >= 11 is 0. The quantitative estimate of drug-likeness (QED) is 0.578. The molecule has 30 heavy (non-hydrogen) atoms. The average molecular weight is 417 g/mol. The number of Topliss-reactive ketones (excluding diaryl/α,β-unsaturated/α-hetero) is 1. The van der Waals surface area contributed by atoms with Crippen LogP contribution in [-0.2, 0) is 9.53 Å². The van der Waals surface area contributed by atoms with E-state index in [4.69, 9.17) is 4.74 Å². The Kier molecular flexibility index (Phi) is 5.03. The van der Waals surface area contributed by atoms with Crippen LogP contribution < -0.4 is 0 Å². The van der Waals surface area contributed by atoms with Crippen LogP contribution in [-0.4, -0.2) is 28.7 Å². The third kappa shape index (κ3) is 2.79. The van der Waals surface area contributed by atoms with Crippen molar-refractivity contribution in [1.29, 1.82) is 0 Å². The van der Waals surface area contributed by atoms with Crippen molar-refractivity contribution >= 4 is 5.78 Å². The molecule has 1 spiro atoms. The Hall–Kier alpha value is -0.410. The molecule has 1 heterocycles. The molecule has 6 unspecified atom stereocenters. The van der Waals surface area contributed by atoms with Crippen molar-refractivity contribution < 1.29 is 14.6 Å².